The molecular formula is C28H32N2O6. The number of aliphatic hydroxyl groups excluding tert-OH is 1. The zero-order valence-electron chi connectivity index (χ0n) is 20.7. The van der Waals surface area contributed by atoms with Gasteiger partial charge >= 0.3 is 0 Å². The maximum atomic E-state index is 13.4. The Labute approximate surface area is 211 Å². The molecule has 8 nitrogen and oxygen atoms in total. The highest BCUT2D eigenvalue weighted by Crippen LogP contribution is 2.43. The molecule has 0 spiro atoms. The number of nitrogens with zero attached hydrogens (tertiary/aromatic N) is 2. The van der Waals surface area contributed by atoms with E-state index in [1.807, 2.05) is 50.2 Å². The van der Waals surface area contributed by atoms with Crippen LogP contribution in [0.25, 0.3) is 5.76 Å². The van der Waals surface area contributed by atoms with E-state index in [0.717, 1.165) is 30.8 Å². The molecule has 1 N–H and O–H groups in total. The lowest BCUT2D eigenvalue weighted by Gasteiger charge is -2.31. The minimum atomic E-state index is -0.753. The van der Waals surface area contributed by atoms with Crippen LogP contribution in [0.15, 0.2) is 48.0 Å². The lowest BCUT2D eigenvalue weighted by Crippen LogP contribution is -2.42. The normalized spacial score (nSPS) is 23.6. The predicted octanol–water partition coefficient (Wildman–Crippen LogP) is 3.16. The zero-order valence-corrected chi connectivity index (χ0v) is 20.7. The Kier molecular flexibility index (Phi) is 6.98. The van der Waals surface area contributed by atoms with Gasteiger partial charge in [0.2, 0.25) is 0 Å². The minimum absolute atomic E-state index is 0.0567. The van der Waals surface area contributed by atoms with E-state index in [0.29, 0.717) is 49.8 Å². The number of ether oxygens (including phenoxy) is 3. The summed E-state index contributed by atoms with van der Waals surface area (Å²) in [4.78, 5) is 30.5. The van der Waals surface area contributed by atoms with Crippen molar-refractivity contribution >= 4 is 17.4 Å². The second-order valence-electron chi connectivity index (χ2n) is 9.37. The van der Waals surface area contributed by atoms with Gasteiger partial charge in [0.25, 0.3) is 11.7 Å². The molecule has 36 heavy (non-hydrogen) atoms. The molecule has 190 valence electrons. The Morgan fingerprint density at radius 3 is 2.67 bits per heavy atom. The van der Waals surface area contributed by atoms with Crippen molar-refractivity contribution in [2.75, 3.05) is 46.0 Å². The molecule has 2 aromatic rings. The average molecular weight is 493 g/mol. The third kappa shape index (κ3) is 4.58. The molecule has 5 rings (SSSR count). The standard InChI is InChI=1S/C28H32N2O6/c1-3-35-23-7-5-4-6-21(23)25-24(26(31)19-8-9-22-20(17-19)16-18(2)36-22)27(32)28(33)30(25)11-10-29-12-14-34-15-13-29/h4-9,17-18,25,31H,3,10-16H2,1-2H3. The van der Waals surface area contributed by atoms with Gasteiger partial charge in [0.15, 0.2) is 0 Å². The largest absolute Gasteiger partial charge is 0.507 e. The summed E-state index contributed by atoms with van der Waals surface area (Å²) in [6, 6.07) is 12.0. The third-order valence-corrected chi connectivity index (χ3v) is 6.98. The Morgan fingerprint density at radius 1 is 1.11 bits per heavy atom. The van der Waals surface area contributed by atoms with Crippen molar-refractivity contribution in [1.29, 1.82) is 0 Å². The van der Waals surface area contributed by atoms with Gasteiger partial charge in [-0.1, -0.05) is 18.2 Å². The van der Waals surface area contributed by atoms with Crippen molar-refractivity contribution in [2.45, 2.75) is 32.4 Å². The van der Waals surface area contributed by atoms with Crippen LogP contribution in [-0.4, -0.2) is 78.7 Å². The molecule has 2 saturated heterocycles. The lowest BCUT2D eigenvalue weighted by atomic mass is 9.94. The van der Waals surface area contributed by atoms with Crippen molar-refractivity contribution in [3.05, 3.63) is 64.7 Å². The van der Waals surface area contributed by atoms with Crippen LogP contribution in [0, 0.1) is 0 Å². The molecule has 8 heteroatoms. The summed E-state index contributed by atoms with van der Waals surface area (Å²) < 4.78 is 17.1. The summed E-state index contributed by atoms with van der Waals surface area (Å²) >= 11 is 0. The van der Waals surface area contributed by atoms with Gasteiger partial charge in [-0.15, -0.1) is 0 Å². The molecule has 0 bridgehead atoms. The van der Waals surface area contributed by atoms with Gasteiger partial charge < -0.3 is 24.2 Å². The Balaban J connectivity index is 1.56. The molecule has 2 fully saturated rings. The SMILES string of the molecule is CCOc1ccccc1C1C(=C(O)c2ccc3c(c2)CC(C)O3)C(=O)C(=O)N1CCN1CCOCC1. The Morgan fingerprint density at radius 2 is 1.89 bits per heavy atom. The first-order valence-corrected chi connectivity index (χ1v) is 12.6. The monoisotopic (exact) mass is 492 g/mol. The van der Waals surface area contributed by atoms with E-state index in [4.69, 9.17) is 14.2 Å². The summed E-state index contributed by atoms with van der Waals surface area (Å²) in [7, 11) is 0. The van der Waals surface area contributed by atoms with Gasteiger partial charge in [-0.25, -0.2) is 0 Å². The number of ketones is 1. The quantitative estimate of drug-likeness (QED) is 0.361. The molecule has 1 amide bonds. The summed E-state index contributed by atoms with van der Waals surface area (Å²) in [6.45, 7) is 8.13. The highest BCUT2D eigenvalue weighted by molar-refractivity contribution is 6.46. The number of hydrogen-bond donors (Lipinski definition) is 1. The first-order valence-electron chi connectivity index (χ1n) is 12.6. The van der Waals surface area contributed by atoms with Crippen molar-refractivity contribution in [2.24, 2.45) is 0 Å². The van der Waals surface area contributed by atoms with E-state index >= 15 is 0 Å². The molecule has 0 saturated carbocycles. The summed E-state index contributed by atoms with van der Waals surface area (Å²) in [6.07, 6.45) is 0.780. The fraction of sp³-hybridized carbons (Fsp3) is 0.429. The molecule has 2 aromatic carbocycles. The molecule has 3 aliphatic rings. The van der Waals surface area contributed by atoms with Gasteiger partial charge in [0, 0.05) is 43.7 Å². The van der Waals surface area contributed by atoms with Crippen molar-refractivity contribution < 1.29 is 28.9 Å². The van der Waals surface area contributed by atoms with E-state index in [1.54, 1.807) is 11.0 Å². The number of carbonyl (C=O) groups excluding carboxylic acids is 2. The molecule has 3 aliphatic heterocycles. The average Bonchev–Trinajstić information content (AvgIpc) is 3.38. The molecular weight excluding hydrogens is 460 g/mol. The molecule has 0 aliphatic carbocycles. The van der Waals surface area contributed by atoms with Crippen LogP contribution in [-0.2, 0) is 20.7 Å². The topological polar surface area (TPSA) is 88.5 Å². The molecule has 0 aromatic heterocycles. The second-order valence-corrected chi connectivity index (χ2v) is 9.37. The summed E-state index contributed by atoms with van der Waals surface area (Å²) in [5, 5.41) is 11.5. The number of carbonyl (C=O) groups is 2. The van der Waals surface area contributed by atoms with Crippen LogP contribution in [0.5, 0.6) is 11.5 Å². The fourth-order valence-corrected chi connectivity index (χ4v) is 5.23. The van der Waals surface area contributed by atoms with Crippen LogP contribution in [0.1, 0.15) is 36.6 Å². The third-order valence-electron chi connectivity index (χ3n) is 6.98. The number of amides is 1. The number of Topliss-reactive ketones (excluding diaryl/α,β-unsaturated/α-hetero) is 1. The zero-order chi connectivity index (χ0) is 25.2. The maximum Gasteiger partial charge on any atom is 0.295 e. The highest BCUT2D eigenvalue weighted by atomic mass is 16.5. The minimum Gasteiger partial charge on any atom is -0.507 e. The summed E-state index contributed by atoms with van der Waals surface area (Å²) in [5.41, 5.74) is 2.23. The number of aliphatic hydroxyl groups is 1. The van der Waals surface area contributed by atoms with Crippen molar-refractivity contribution in [3.63, 3.8) is 0 Å². The number of fused-ring (bicyclic) bond motifs is 1. The van der Waals surface area contributed by atoms with Gasteiger partial charge in [-0.05, 0) is 43.7 Å². The fourth-order valence-electron chi connectivity index (χ4n) is 5.23. The lowest BCUT2D eigenvalue weighted by molar-refractivity contribution is -0.140. The molecule has 3 heterocycles. The summed E-state index contributed by atoms with van der Waals surface area (Å²) in [5.74, 6) is -0.107. The van der Waals surface area contributed by atoms with Crippen molar-refractivity contribution in [3.8, 4) is 11.5 Å². The van der Waals surface area contributed by atoms with E-state index < -0.39 is 17.7 Å². The number of likely N-dealkylation sites (tertiary alicyclic amines) is 1. The molecule has 2 atom stereocenters. The Hall–Kier alpha value is -3.36. The van der Waals surface area contributed by atoms with Gasteiger partial charge in [-0.2, -0.15) is 0 Å². The van der Waals surface area contributed by atoms with Gasteiger partial charge in [0.1, 0.15) is 23.4 Å². The van der Waals surface area contributed by atoms with E-state index in [2.05, 4.69) is 4.90 Å². The van der Waals surface area contributed by atoms with Crippen LogP contribution in [0.2, 0.25) is 0 Å². The van der Waals surface area contributed by atoms with Crippen LogP contribution < -0.4 is 9.47 Å². The first kappa shape index (κ1) is 24.3. The van der Waals surface area contributed by atoms with E-state index in [1.165, 1.54) is 0 Å². The van der Waals surface area contributed by atoms with E-state index in [-0.39, 0.29) is 17.4 Å². The van der Waals surface area contributed by atoms with Crippen LogP contribution in [0.3, 0.4) is 0 Å². The van der Waals surface area contributed by atoms with E-state index in [9.17, 15) is 14.7 Å². The Bertz CT molecular complexity index is 1190. The number of hydrogen-bond acceptors (Lipinski definition) is 7. The van der Waals surface area contributed by atoms with Gasteiger partial charge in [-0.3, -0.25) is 14.5 Å². The molecule has 0 radical (unpaired) electrons. The second kappa shape index (κ2) is 10.3. The molecule has 2 unspecified atom stereocenters. The first-order chi connectivity index (χ1) is 17.5. The predicted molar refractivity (Wildman–Crippen MR) is 134 cm³/mol. The van der Waals surface area contributed by atoms with Crippen LogP contribution in [0.4, 0.5) is 0 Å². The highest BCUT2D eigenvalue weighted by Gasteiger charge is 2.47. The van der Waals surface area contributed by atoms with Crippen molar-refractivity contribution in [1.82, 2.24) is 9.80 Å². The number of rotatable bonds is 7. The number of para-hydroxylation sites is 1. The van der Waals surface area contributed by atoms with Gasteiger partial charge in [0.05, 0.1) is 31.4 Å². The number of morpholine rings is 1. The number of benzene rings is 2. The smallest absolute Gasteiger partial charge is 0.295 e. The van der Waals surface area contributed by atoms with Crippen LogP contribution >= 0.6 is 0 Å². The maximum absolute atomic E-state index is 13.4.